The Morgan fingerprint density at radius 1 is 1.17 bits per heavy atom. The number of nitrogens with one attached hydrogen (secondary N) is 1. The minimum absolute atomic E-state index is 0.0502. The second-order valence-corrected chi connectivity index (χ2v) is 4.68. The highest BCUT2D eigenvalue weighted by atomic mass is 16.6. The molecule has 0 aromatic rings. The number of hydrogen-bond donors (Lipinski definition) is 1. The van der Waals surface area contributed by atoms with Crippen LogP contribution < -0.4 is 5.32 Å². The number of amides is 1. The number of carbonyl (C=O) groups is 3. The van der Waals surface area contributed by atoms with Crippen molar-refractivity contribution in [1.82, 2.24) is 5.32 Å². The van der Waals surface area contributed by atoms with Crippen LogP contribution in [0.5, 0.6) is 0 Å². The maximum atomic E-state index is 11.2. The second-order valence-electron chi connectivity index (χ2n) is 4.68. The van der Waals surface area contributed by atoms with Crippen LogP contribution >= 0.6 is 0 Å². The molecule has 0 saturated heterocycles. The van der Waals surface area contributed by atoms with Crippen LogP contribution in [0.25, 0.3) is 0 Å². The predicted octanol–water partition coefficient (Wildman–Crippen LogP) is 1.42. The van der Waals surface area contributed by atoms with Crippen LogP contribution in [-0.2, 0) is 19.1 Å². The fourth-order valence-corrected chi connectivity index (χ4v) is 1.07. The summed E-state index contributed by atoms with van der Waals surface area (Å²) in [4.78, 5) is 33.4. The van der Waals surface area contributed by atoms with Crippen molar-refractivity contribution in [2.24, 2.45) is 0 Å². The molecule has 104 valence electrons. The van der Waals surface area contributed by atoms with Crippen molar-refractivity contribution in [3.8, 4) is 0 Å². The first-order chi connectivity index (χ1) is 8.26. The zero-order valence-electron chi connectivity index (χ0n) is 11.4. The standard InChI is InChI=1S/C12H21NO5/c1-5-17-10(15)9(14)7-6-8-13-11(16)18-12(2,3)4/h5-8H2,1-4H3,(H,13,16). The molecule has 0 aliphatic heterocycles. The summed E-state index contributed by atoms with van der Waals surface area (Å²) in [6.07, 6.45) is -0.114. The van der Waals surface area contributed by atoms with E-state index in [1.165, 1.54) is 0 Å². The Labute approximate surface area is 107 Å². The molecule has 0 spiro atoms. The van der Waals surface area contributed by atoms with Gasteiger partial charge in [-0.1, -0.05) is 0 Å². The van der Waals surface area contributed by atoms with Crippen LogP contribution in [0.4, 0.5) is 4.79 Å². The normalized spacial score (nSPS) is 10.7. The lowest BCUT2D eigenvalue weighted by Gasteiger charge is -2.19. The van der Waals surface area contributed by atoms with Crippen LogP contribution in [0.3, 0.4) is 0 Å². The smallest absolute Gasteiger partial charge is 0.407 e. The van der Waals surface area contributed by atoms with E-state index < -0.39 is 23.4 Å². The van der Waals surface area contributed by atoms with Crippen molar-refractivity contribution < 1.29 is 23.9 Å². The Hall–Kier alpha value is -1.59. The number of alkyl carbamates (subject to hydrolysis) is 1. The van der Waals surface area contributed by atoms with Crippen molar-refractivity contribution in [2.45, 2.75) is 46.1 Å². The second kappa shape index (κ2) is 7.68. The molecule has 0 heterocycles. The van der Waals surface area contributed by atoms with Gasteiger partial charge in [-0.25, -0.2) is 9.59 Å². The fraction of sp³-hybridized carbons (Fsp3) is 0.750. The van der Waals surface area contributed by atoms with Gasteiger partial charge in [-0.05, 0) is 34.1 Å². The van der Waals surface area contributed by atoms with Gasteiger partial charge in [-0.3, -0.25) is 4.79 Å². The molecule has 0 aromatic heterocycles. The van der Waals surface area contributed by atoms with Gasteiger partial charge in [-0.15, -0.1) is 0 Å². The summed E-state index contributed by atoms with van der Waals surface area (Å²) >= 11 is 0. The molecule has 18 heavy (non-hydrogen) atoms. The Kier molecular flexibility index (Phi) is 7.00. The monoisotopic (exact) mass is 259 g/mol. The largest absolute Gasteiger partial charge is 0.460 e. The lowest BCUT2D eigenvalue weighted by molar-refractivity contribution is -0.153. The van der Waals surface area contributed by atoms with Crippen LogP contribution in [0, 0.1) is 0 Å². The fourth-order valence-electron chi connectivity index (χ4n) is 1.07. The summed E-state index contributed by atoms with van der Waals surface area (Å²) in [5.41, 5.74) is -0.551. The molecule has 0 rings (SSSR count). The van der Waals surface area contributed by atoms with Crippen LogP contribution in [0.1, 0.15) is 40.5 Å². The lowest BCUT2D eigenvalue weighted by atomic mass is 10.2. The van der Waals surface area contributed by atoms with E-state index in [0.717, 1.165) is 0 Å². The molecule has 0 fully saturated rings. The third-order valence-corrected chi connectivity index (χ3v) is 1.75. The van der Waals surface area contributed by atoms with Gasteiger partial charge < -0.3 is 14.8 Å². The molecule has 6 nitrogen and oxygen atoms in total. The average Bonchev–Trinajstić information content (AvgIpc) is 2.21. The molecular formula is C12H21NO5. The van der Waals surface area contributed by atoms with Gasteiger partial charge in [0.1, 0.15) is 5.60 Å². The van der Waals surface area contributed by atoms with Crippen molar-refractivity contribution in [2.75, 3.05) is 13.2 Å². The Morgan fingerprint density at radius 3 is 2.28 bits per heavy atom. The summed E-state index contributed by atoms with van der Waals surface area (Å²) in [7, 11) is 0. The van der Waals surface area contributed by atoms with E-state index in [0.29, 0.717) is 6.42 Å². The zero-order valence-corrected chi connectivity index (χ0v) is 11.4. The Morgan fingerprint density at radius 2 is 1.78 bits per heavy atom. The number of ether oxygens (including phenoxy) is 2. The molecule has 0 aliphatic rings. The van der Waals surface area contributed by atoms with Gasteiger partial charge in [0.05, 0.1) is 6.61 Å². The molecule has 0 bridgehead atoms. The van der Waals surface area contributed by atoms with E-state index >= 15 is 0 Å². The number of Topliss-reactive ketones (excluding diaryl/α,β-unsaturated/α-hetero) is 1. The number of hydrogen-bond acceptors (Lipinski definition) is 5. The van der Waals surface area contributed by atoms with E-state index in [9.17, 15) is 14.4 Å². The van der Waals surface area contributed by atoms with E-state index in [1.54, 1.807) is 27.7 Å². The SMILES string of the molecule is CCOC(=O)C(=O)CCCNC(=O)OC(C)(C)C. The highest BCUT2D eigenvalue weighted by Gasteiger charge is 2.16. The average molecular weight is 259 g/mol. The minimum atomic E-state index is -0.824. The topological polar surface area (TPSA) is 81.7 Å². The van der Waals surface area contributed by atoms with Crippen molar-refractivity contribution in [3.63, 3.8) is 0 Å². The summed E-state index contributed by atoms with van der Waals surface area (Å²) in [5.74, 6) is -1.40. The Bertz CT molecular complexity index is 306. The molecule has 0 radical (unpaired) electrons. The summed E-state index contributed by atoms with van der Waals surface area (Å²) in [6, 6.07) is 0. The first kappa shape index (κ1) is 16.4. The number of rotatable bonds is 6. The predicted molar refractivity (Wildman–Crippen MR) is 65.1 cm³/mol. The molecular weight excluding hydrogens is 238 g/mol. The zero-order chi connectivity index (χ0) is 14.2. The molecule has 1 N–H and O–H groups in total. The molecule has 0 saturated carbocycles. The molecule has 0 atom stereocenters. The minimum Gasteiger partial charge on any atom is -0.460 e. The Balaban J connectivity index is 3.71. The van der Waals surface area contributed by atoms with E-state index in [4.69, 9.17) is 4.74 Å². The first-order valence-electron chi connectivity index (χ1n) is 5.93. The molecule has 1 amide bonds. The quantitative estimate of drug-likeness (QED) is 0.443. The maximum Gasteiger partial charge on any atom is 0.407 e. The molecule has 0 aromatic carbocycles. The van der Waals surface area contributed by atoms with Gasteiger partial charge in [0, 0.05) is 13.0 Å². The van der Waals surface area contributed by atoms with Gasteiger partial charge >= 0.3 is 12.1 Å². The van der Waals surface area contributed by atoms with E-state index in [2.05, 4.69) is 10.1 Å². The summed E-state index contributed by atoms with van der Waals surface area (Å²) in [5, 5.41) is 2.50. The highest BCUT2D eigenvalue weighted by Crippen LogP contribution is 2.06. The number of carbonyl (C=O) groups excluding carboxylic acids is 3. The van der Waals surface area contributed by atoms with Crippen LogP contribution in [0.15, 0.2) is 0 Å². The summed E-state index contributed by atoms with van der Waals surface area (Å²) in [6.45, 7) is 7.38. The van der Waals surface area contributed by atoms with Gasteiger partial charge in [0.25, 0.3) is 0 Å². The molecule has 6 heteroatoms. The molecule has 0 unspecified atom stereocenters. The van der Waals surface area contributed by atoms with Crippen molar-refractivity contribution in [1.29, 1.82) is 0 Å². The van der Waals surface area contributed by atoms with Gasteiger partial charge in [0.2, 0.25) is 5.78 Å². The van der Waals surface area contributed by atoms with E-state index in [-0.39, 0.29) is 19.6 Å². The number of ketones is 1. The summed E-state index contributed by atoms with van der Waals surface area (Å²) < 4.78 is 9.55. The third-order valence-electron chi connectivity index (χ3n) is 1.75. The van der Waals surface area contributed by atoms with Crippen molar-refractivity contribution in [3.05, 3.63) is 0 Å². The van der Waals surface area contributed by atoms with Crippen molar-refractivity contribution >= 4 is 17.8 Å². The van der Waals surface area contributed by atoms with Crippen LogP contribution in [-0.4, -0.2) is 36.6 Å². The third kappa shape index (κ3) is 8.55. The molecule has 0 aliphatic carbocycles. The maximum absolute atomic E-state index is 11.2. The lowest BCUT2D eigenvalue weighted by Crippen LogP contribution is -2.33. The first-order valence-corrected chi connectivity index (χ1v) is 5.93. The van der Waals surface area contributed by atoms with Gasteiger partial charge in [-0.2, -0.15) is 0 Å². The van der Waals surface area contributed by atoms with Gasteiger partial charge in [0.15, 0.2) is 0 Å². The van der Waals surface area contributed by atoms with E-state index in [1.807, 2.05) is 0 Å². The van der Waals surface area contributed by atoms with Crippen LogP contribution in [0.2, 0.25) is 0 Å². The number of esters is 1. The highest BCUT2D eigenvalue weighted by molar-refractivity contribution is 6.33.